The topological polar surface area (TPSA) is 64.6 Å². The van der Waals surface area contributed by atoms with Gasteiger partial charge in [-0.1, -0.05) is 37.6 Å². The first-order valence-electron chi connectivity index (χ1n) is 8.40. The van der Waals surface area contributed by atoms with E-state index in [1.807, 2.05) is 39.0 Å². The molecule has 2 aromatic carbocycles. The van der Waals surface area contributed by atoms with Crippen molar-refractivity contribution in [1.82, 2.24) is 0 Å². The van der Waals surface area contributed by atoms with Crippen molar-refractivity contribution >= 4 is 29.2 Å². The SMILES string of the molecule is Cc1ccc(C(C)C)c(OCC(=O)OCC(=O)Nc2ccc(F)cc2Cl)c1. The average molecular weight is 394 g/mol. The Bertz CT molecular complexity index is 839. The summed E-state index contributed by atoms with van der Waals surface area (Å²) in [5, 5.41) is 2.50. The highest BCUT2D eigenvalue weighted by atomic mass is 35.5. The first-order chi connectivity index (χ1) is 12.8. The zero-order chi connectivity index (χ0) is 20.0. The van der Waals surface area contributed by atoms with Crippen molar-refractivity contribution in [3.8, 4) is 5.75 Å². The number of hydrogen-bond donors (Lipinski definition) is 1. The van der Waals surface area contributed by atoms with Gasteiger partial charge >= 0.3 is 5.97 Å². The van der Waals surface area contributed by atoms with E-state index in [-0.39, 0.29) is 23.2 Å². The Hall–Kier alpha value is -2.60. The number of hydrogen-bond acceptors (Lipinski definition) is 4. The van der Waals surface area contributed by atoms with Crippen LogP contribution in [0.15, 0.2) is 36.4 Å². The molecule has 0 aromatic heterocycles. The highest BCUT2D eigenvalue weighted by Gasteiger charge is 2.13. The normalized spacial score (nSPS) is 10.6. The fourth-order valence-electron chi connectivity index (χ4n) is 2.35. The van der Waals surface area contributed by atoms with Crippen molar-refractivity contribution in [2.75, 3.05) is 18.5 Å². The largest absolute Gasteiger partial charge is 0.482 e. The molecule has 0 spiro atoms. The van der Waals surface area contributed by atoms with Gasteiger partial charge in [0.05, 0.1) is 10.7 Å². The Balaban J connectivity index is 1.84. The molecular weight excluding hydrogens is 373 g/mol. The standard InChI is InChI=1S/C20H21ClFNO4/c1-12(2)15-6-4-13(3)8-18(15)26-11-20(25)27-10-19(24)23-17-7-5-14(22)9-16(17)21/h4-9,12H,10-11H2,1-3H3,(H,23,24). The van der Waals surface area contributed by atoms with Crippen LogP contribution in [0.3, 0.4) is 0 Å². The van der Waals surface area contributed by atoms with E-state index in [1.54, 1.807) is 0 Å². The molecule has 7 heteroatoms. The van der Waals surface area contributed by atoms with E-state index in [0.29, 0.717) is 5.75 Å². The predicted octanol–water partition coefficient (Wildman–Crippen LogP) is 4.47. The molecule has 0 fully saturated rings. The Labute approximate surface area is 162 Å². The van der Waals surface area contributed by atoms with E-state index in [1.165, 1.54) is 6.07 Å². The first-order valence-corrected chi connectivity index (χ1v) is 8.78. The van der Waals surface area contributed by atoms with Crippen LogP contribution in [-0.4, -0.2) is 25.1 Å². The third-order valence-corrected chi connectivity index (χ3v) is 4.02. The molecule has 2 aromatic rings. The molecular formula is C20H21ClFNO4. The van der Waals surface area contributed by atoms with Crippen molar-refractivity contribution in [1.29, 1.82) is 0 Å². The van der Waals surface area contributed by atoms with Crippen molar-refractivity contribution < 1.29 is 23.5 Å². The van der Waals surface area contributed by atoms with Crippen molar-refractivity contribution in [3.05, 3.63) is 58.4 Å². The highest BCUT2D eigenvalue weighted by molar-refractivity contribution is 6.33. The second-order valence-corrected chi connectivity index (χ2v) is 6.72. The second kappa shape index (κ2) is 9.37. The van der Waals surface area contributed by atoms with Crippen molar-refractivity contribution in [2.45, 2.75) is 26.7 Å². The molecule has 1 amide bonds. The van der Waals surface area contributed by atoms with Crippen molar-refractivity contribution in [3.63, 3.8) is 0 Å². The van der Waals surface area contributed by atoms with E-state index in [0.717, 1.165) is 23.3 Å². The summed E-state index contributed by atoms with van der Waals surface area (Å²) in [7, 11) is 0. The molecule has 0 heterocycles. The lowest BCUT2D eigenvalue weighted by Gasteiger charge is -2.14. The maximum atomic E-state index is 13.0. The van der Waals surface area contributed by atoms with Gasteiger partial charge < -0.3 is 14.8 Å². The third-order valence-electron chi connectivity index (χ3n) is 3.71. The molecule has 0 radical (unpaired) electrons. The van der Waals surface area contributed by atoms with Crippen LogP contribution in [-0.2, 0) is 14.3 Å². The monoisotopic (exact) mass is 393 g/mol. The number of anilines is 1. The summed E-state index contributed by atoms with van der Waals surface area (Å²) in [4.78, 5) is 23.7. The van der Waals surface area contributed by atoms with E-state index in [9.17, 15) is 14.0 Å². The third kappa shape index (κ3) is 6.25. The number of amides is 1. The van der Waals surface area contributed by atoms with Crippen LogP contribution >= 0.6 is 11.6 Å². The molecule has 0 aliphatic heterocycles. The number of halogens is 2. The summed E-state index contributed by atoms with van der Waals surface area (Å²) in [6.07, 6.45) is 0. The Kier molecular flexibility index (Phi) is 7.19. The highest BCUT2D eigenvalue weighted by Crippen LogP contribution is 2.27. The van der Waals surface area contributed by atoms with Gasteiger partial charge in [0.1, 0.15) is 11.6 Å². The smallest absolute Gasteiger partial charge is 0.344 e. The van der Waals surface area contributed by atoms with E-state index < -0.39 is 24.3 Å². The summed E-state index contributed by atoms with van der Waals surface area (Å²) in [5.74, 6) is -0.923. The van der Waals surface area contributed by atoms with Crippen LogP contribution in [0, 0.1) is 12.7 Å². The fourth-order valence-corrected chi connectivity index (χ4v) is 2.56. The minimum Gasteiger partial charge on any atom is -0.482 e. The number of ether oxygens (including phenoxy) is 2. The van der Waals surface area contributed by atoms with Gasteiger partial charge in [-0.05, 0) is 48.2 Å². The number of benzene rings is 2. The maximum Gasteiger partial charge on any atom is 0.344 e. The van der Waals surface area contributed by atoms with Crippen LogP contribution in [0.1, 0.15) is 30.9 Å². The molecule has 0 aliphatic rings. The van der Waals surface area contributed by atoms with Crippen LogP contribution in [0.2, 0.25) is 5.02 Å². The molecule has 0 atom stereocenters. The first kappa shape index (κ1) is 20.7. The molecule has 0 aliphatic carbocycles. The fraction of sp³-hybridized carbons (Fsp3) is 0.300. The Morgan fingerprint density at radius 1 is 1.15 bits per heavy atom. The molecule has 1 N–H and O–H groups in total. The number of aryl methyl sites for hydroxylation is 1. The Morgan fingerprint density at radius 3 is 2.56 bits per heavy atom. The van der Waals surface area contributed by atoms with Crippen LogP contribution < -0.4 is 10.1 Å². The molecule has 0 saturated heterocycles. The molecule has 0 bridgehead atoms. The Morgan fingerprint density at radius 2 is 1.89 bits per heavy atom. The zero-order valence-corrected chi connectivity index (χ0v) is 16.1. The van der Waals surface area contributed by atoms with Gasteiger partial charge in [-0.2, -0.15) is 0 Å². The van der Waals surface area contributed by atoms with Gasteiger partial charge in [0, 0.05) is 0 Å². The van der Waals surface area contributed by atoms with Gasteiger partial charge in [0.25, 0.3) is 5.91 Å². The van der Waals surface area contributed by atoms with Crippen molar-refractivity contribution in [2.24, 2.45) is 0 Å². The average Bonchev–Trinajstić information content (AvgIpc) is 2.60. The molecule has 0 unspecified atom stereocenters. The van der Waals surface area contributed by atoms with Gasteiger partial charge in [0.15, 0.2) is 13.2 Å². The quantitative estimate of drug-likeness (QED) is 0.705. The van der Waals surface area contributed by atoms with Gasteiger partial charge in [-0.3, -0.25) is 4.79 Å². The maximum absolute atomic E-state index is 13.0. The van der Waals surface area contributed by atoms with Crippen LogP contribution in [0.4, 0.5) is 10.1 Å². The summed E-state index contributed by atoms with van der Waals surface area (Å²) in [6, 6.07) is 9.35. The number of esters is 1. The number of carbonyl (C=O) groups is 2. The predicted molar refractivity (Wildman–Crippen MR) is 102 cm³/mol. The van der Waals surface area contributed by atoms with Gasteiger partial charge in [-0.25, -0.2) is 9.18 Å². The lowest BCUT2D eigenvalue weighted by molar-refractivity contribution is -0.149. The zero-order valence-electron chi connectivity index (χ0n) is 15.3. The number of carbonyl (C=O) groups excluding carboxylic acids is 2. The van der Waals surface area contributed by atoms with Crippen LogP contribution in [0.5, 0.6) is 5.75 Å². The number of rotatable bonds is 7. The lowest BCUT2D eigenvalue weighted by Crippen LogP contribution is -2.24. The van der Waals surface area contributed by atoms with Gasteiger partial charge in [0.2, 0.25) is 0 Å². The molecule has 2 rings (SSSR count). The minimum atomic E-state index is -0.674. The van der Waals surface area contributed by atoms with Gasteiger partial charge in [-0.15, -0.1) is 0 Å². The molecule has 5 nitrogen and oxygen atoms in total. The van der Waals surface area contributed by atoms with E-state index in [2.05, 4.69) is 5.32 Å². The molecule has 27 heavy (non-hydrogen) atoms. The summed E-state index contributed by atoms with van der Waals surface area (Å²) in [5.41, 5.74) is 2.23. The lowest BCUT2D eigenvalue weighted by atomic mass is 10.0. The van der Waals surface area contributed by atoms with E-state index in [4.69, 9.17) is 21.1 Å². The van der Waals surface area contributed by atoms with E-state index >= 15 is 0 Å². The second-order valence-electron chi connectivity index (χ2n) is 6.32. The minimum absolute atomic E-state index is 0.0543. The van der Waals surface area contributed by atoms with Crippen LogP contribution in [0.25, 0.3) is 0 Å². The molecule has 144 valence electrons. The molecule has 0 saturated carbocycles. The number of nitrogens with one attached hydrogen (secondary N) is 1. The summed E-state index contributed by atoms with van der Waals surface area (Å²) < 4.78 is 23.4. The summed E-state index contributed by atoms with van der Waals surface area (Å²) >= 11 is 5.82. The summed E-state index contributed by atoms with van der Waals surface area (Å²) in [6.45, 7) is 5.18.